The van der Waals surface area contributed by atoms with Crippen LogP contribution in [0.3, 0.4) is 0 Å². The minimum atomic E-state index is -1.08. The van der Waals surface area contributed by atoms with E-state index in [0.717, 1.165) is 5.56 Å². The molecule has 0 radical (unpaired) electrons. The first-order chi connectivity index (χ1) is 9.88. The van der Waals surface area contributed by atoms with Crippen LogP contribution in [0.1, 0.15) is 32.4 Å². The predicted octanol–water partition coefficient (Wildman–Crippen LogP) is 1.43. The highest BCUT2D eigenvalue weighted by Gasteiger charge is 2.28. The molecule has 5 nitrogen and oxygen atoms in total. The molecule has 6 heteroatoms. The van der Waals surface area contributed by atoms with E-state index < -0.39 is 6.35 Å². The largest absolute Gasteiger partial charge is 0.365 e. The number of halogens is 1. The van der Waals surface area contributed by atoms with Gasteiger partial charge in [0.25, 0.3) is 5.91 Å². The highest BCUT2D eigenvalue weighted by atomic mass is 19.1. The Labute approximate surface area is 123 Å². The van der Waals surface area contributed by atoms with Crippen LogP contribution in [0.2, 0.25) is 0 Å². The number of nitrogens with one attached hydrogen (secondary N) is 2. The zero-order chi connectivity index (χ0) is 15.6. The molecular weight excluding hydrogens is 273 g/mol. The molecule has 1 aliphatic heterocycles. The SMILES string of the molecule is CC(C)N1C(=O)C=C(N[C@@H](C)c2cccc(F)c2)NC1O. The number of carbonyl (C=O) groups excluding carboxylic acids is 1. The first-order valence-corrected chi connectivity index (χ1v) is 6.89. The predicted molar refractivity (Wildman–Crippen MR) is 77.2 cm³/mol. The Bertz CT molecular complexity index is 560. The summed E-state index contributed by atoms with van der Waals surface area (Å²) in [5.41, 5.74) is 0.755. The Morgan fingerprint density at radius 2 is 2.10 bits per heavy atom. The molecule has 114 valence electrons. The molecule has 1 heterocycles. The maximum absolute atomic E-state index is 13.2. The van der Waals surface area contributed by atoms with E-state index in [1.54, 1.807) is 12.1 Å². The Hall–Kier alpha value is -2.08. The van der Waals surface area contributed by atoms with E-state index in [1.165, 1.54) is 23.1 Å². The lowest BCUT2D eigenvalue weighted by Gasteiger charge is -2.36. The fourth-order valence-corrected chi connectivity index (χ4v) is 2.28. The van der Waals surface area contributed by atoms with Gasteiger partial charge >= 0.3 is 0 Å². The molecular formula is C15H20FN3O2. The number of carbonyl (C=O) groups is 1. The molecule has 1 aromatic carbocycles. The van der Waals surface area contributed by atoms with E-state index in [2.05, 4.69) is 10.6 Å². The van der Waals surface area contributed by atoms with Crippen molar-refractivity contribution in [1.29, 1.82) is 0 Å². The fraction of sp³-hybridized carbons (Fsp3) is 0.400. The van der Waals surface area contributed by atoms with Crippen molar-refractivity contribution in [3.05, 3.63) is 47.5 Å². The van der Waals surface area contributed by atoms with Gasteiger partial charge in [-0.25, -0.2) is 4.39 Å². The Kier molecular flexibility index (Phi) is 4.47. The highest BCUT2D eigenvalue weighted by Crippen LogP contribution is 2.16. The molecule has 0 aliphatic carbocycles. The average molecular weight is 293 g/mol. The van der Waals surface area contributed by atoms with Crippen molar-refractivity contribution in [2.24, 2.45) is 0 Å². The van der Waals surface area contributed by atoms with Gasteiger partial charge in [-0.15, -0.1) is 0 Å². The third-order valence-corrected chi connectivity index (χ3v) is 3.35. The first kappa shape index (κ1) is 15.3. The number of nitrogens with zero attached hydrogens (tertiary/aromatic N) is 1. The summed E-state index contributed by atoms with van der Waals surface area (Å²) in [6.07, 6.45) is 0.312. The van der Waals surface area contributed by atoms with E-state index >= 15 is 0 Å². The second-order valence-corrected chi connectivity index (χ2v) is 5.34. The molecule has 1 unspecified atom stereocenters. The van der Waals surface area contributed by atoms with Gasteiger partial charge in [0.15, 0.2) is 0 Å². The summed E-state index contributed by atoms with van der Waals surface area (Å²) in [6.45, 7) is 5.50. The minimum Gasteiger partial charge on any atom is -0.365 e. The van der Waals surface area contributed by atoms with Crippen LogP contribution in [0.15, 0.2) is 36.2 Å². The quantitative estimate of drug-likeness (QED) is 0.786. The Morgan fingerprint density at radius 3 is 2.67 bits per heavy atom. The molecule has 0 fully saturated rings. The zero-order valence-electron chi connectivity index (χ0n) is 12.3. The van der Waals surface area contributed by atoms with Crippen LogP contribution in [0, 0.1) is 5.82 Å². The lowest BCUT2D eigenvalue weighted by molar-refractivity contribution is -0.143. The van der Waals surface area contributed by atoms with Gasteiger partial charge in [-0.1, -0.05) is 12.1 Å². The van der Waals surface area contributed by atoms with E-state index in [9.17, 15) is 14.3 Å². The lowest BCUT2D eigenvalue weighted by atomic mass is 10.1. The number of hydrogen-bond acceptors (Lipinski definition) is 4. The van der Waals surface area contributed by atoms with E-state index in [4.69, 9.17) is 0 Å². The van der Waals surface area contributed by atoms with Crippen molar-refractivity contribution < 1.29 is 14.3 Å². The van der Waals surface area contributed by atoms with Gasteiger partial charge in [0.05, 0.1) is 0 Å². The molecule has 0 aromatic heterocycles. The topological polar surface area (TPSA) is 64.6 Å². The molecule has 1 aliphatic rings. The average Bonchev–Trinajstić information content (AvgIpc) is 2.37. The van der Waals surface area contributed by atoms with Gasteiger partial charge in [-0.3, -0.25) is 9.69 Å². The van der Waals surface area contributed by atoms with Crippen LogP contribution in [-0.2, 0) is 4.79 Å². The Morgan fingerprint density at radius 1 is 1.38 bits per heavy atom. The molecule has 0 bridgehead atoms. The number of benzene rings is 1. The smallest absolute Gasteiger partial charge is 0.253 e. The summed E-state index contributed by atoms with van der Waals surface area (Å²) < 4.78 is 13.2. The maximum Gasteiger partial charge on any atom is 0.253 e. The number of aliphatic hydroxyl groups excluding tert-OH is 1. The summed E-state index contributed by atoms with van der Waals surface area (Å²) in [5, 5.41) is 15.8. The van der Waals surface area contributed by atoms with Gasteiger partial charge in [-0.05, 0) is 38.5 Å². The standard InChI is InChI=1S/C15H20FN3O2/c1-9(2)19-14(20)8-13(18-15(19)21)17-10(3)11-5-4-6-12(16)7-11/h4-10,15,17-18,21H,1-3H3/t10-,15?/m0/s1. The number of hydrogen-bond donors (Lipinski definition) is 3. The van der Waals surface area contributed by atoms with Gasteiger partial charge in [0, 0.05) is 18.2 Å². The normalized spacial score (nSPS) is 20.1. The van der Waals surface area contributed by atoms with Crippen molar-refractivity contribution in [3.63, 3.8) is 0 Å². The highest BCUT2D eigenvalue weighted by molar-refractivity contribution is 5.89. The second-order valence-electron chi connectivity index (χ2n) is 5.34. The molecule has 0 saturated carbocycles. The van der Waals surface area contributed by atoms with Gasteiger partial charge in [-0.2, -0.15) is 0 Å². The van der Waals surface area contributed by atoms with Crippen LogP contribution < -0.4 is 10.6 Å². The number of rotatable bonds is 4. The Balaban J connectivity index is 2.10. The molecule has 21 heavy (non-hydrogen) atoms. The summed E-state index contributed by atoms with van der Waals surface area (Å²) >= 11 is 0. The van der Waals surface area contributed by atoms with E-state index in [-0.39, 0.29) is 23.8 Å². The molecule has 2 rings (SSSR count). The first-order valence-electron chi connectivity index (χ1n) is 6.89. The van der Waals surface area contributed by atoms with E-state index in [1.807, 2.05) is 20.8 Å². The van der Waals surface area contributed by atoms with Crippen molar-refractivity contribution >= 4 is 5.91 Å². The molecule has 0 saturated heterocycles. The molecule has 1 amide bonds. The molecule has 0 spiro atoms. The minimum absolute atomic E-state index is 0.113. The summed E-state index contributed by atoms with van der Waals surface area (Å²) in [7, 11) is 0. The van der Waals surface area contributed by atoms with Gasteiger partial charge in [0.1, 0.15) is 11.6 Å². The van der Waals surface area contributed by atoms with Gasteiger partial charge < -0.3 is 15.7 Å². The van der Waals surface area contributed by atoms with Gasteiger partial charge in [0.2, 0.25) is 6.35 Å². The van der Waals surface area contributed by atoms with Crippen molar-refractivity contribution in [2.75, 3.05) is 0 Å². The maximum atomic E-state index is 13.2. The molecule has 1 aromatic rings. The van der Waals surface area contributed by atoms with Crippen molar-refractivity contribution in [2.45, 2.75) is 39.2 Å². The molecule has 2 atom stereocenters. The van der Waals surface area contributed by atoms with Crippen LogP contribution in [0.4, 0.5) is 4.39 Å². The number of amides is 1. The van der Waals surface area contributed by atoms with Crippen LogP contribution in [0.25, 0.3) is 0 Å². The number of aliphatic hydroxyl groups is 1. The molecule has 3 N–H and O–H groups in total. The van der Waals surface area contributed by atoms with Crippen LogP contribution in [-0.4, -0.2) is 28.3 Å². The van der Waals surface area contributed by atoms with Crippen LogP contribution in [0.5, 0.6) is 0 Å². The lowest BCUT2D eigenvalue weighted by Crippen LogP contribution is -2.56. The summed E-state index contributed by atoms with van der Waals surface area (Å²) in [4.78, 5) is 13.3. The summed E-state index contributed by atoms with van der Waals surface area (Å²) in [6, 6.07) is 5.92. The van der Waals surface area contributed by atoms with E-state index in [0.29, 0.717) is 5.82 Å². The third kappa shape index (κ3) is 3.52. The van der Waals surface area contributed by atoms with Crippen LogP contribution >= 0.6 is 0 Å². The fourth-order valence-electron chi connectivity index (χ4n) is 2.28. The zero-order valence-corrected chi connectivity index (χ0v) is 12.3. The second kappa shape index (κ2) is 6.13. The summed E-state index contributed by atoms with van der Waals surface area (Å²) in [5.74, 6) is -0.166. The van der Waals surface area contributed by atoms with Crippen molar-refractivity contribution in [3.8, 4) is 0 Å². The monoisotopic (exact) mass is 293 g/mol. The third-order valence-electron chi connectivity index (χ3n) is 3.35. The van der Waals surface area contributed by atoms with Crippen molar-refractivity contribution in [1.82, 2.24) is 15.5 Å².